The van der Waals surface area contributed by atoms with Gasteiger partial charge in [-0.15, -0.1) is 0 Å². The van der Waals surface area contributed by atoms with E-state index in [0.717, 1.165) is 94.7 Å². The van der Waals surface area contributed by atoms with Crippen molar-refractivity contribution in [1.29, 1.82) is 0 Å². The summed E-state index contributed by atoms with van der Waals surface area (Å²) < 4.78 is 0. The molecule has 11 rings (SSSR count). The predicted molar refractivity (Wildman–Crippen MR) is 327 cm³/mol. The molecule has 0 spiro atoms. The topological polar surface area (TPSA) is 0 Å². The molecule has 0 nitrogen and oxygen atoms in total. The van der Waals surface area contributed by atoms with Crippen LogP contribution in [-0.2, 0) is 0 Å². The molecule has 0 heterocycles. The second-order valence-electron chi connectivity index (χ2n) is 30.0. The largest absolute Gasteiger partial charge is 0.0654 e. The monoisotopic (exact) mass is 1010 g/mol. The maximum Gasteiger partial charge on any atom is -0.0354 e. The van der Waals surface area contributed by atoms with Crippen LogP contribution in [-0.4, -0.2) is 0 Å². The van der Waals surface area contributed by atoms with Crippen LogP contribution < -0.4 is 0 Å². The van der Waals surface area contributed by atoms with Gasteiger partial charge in [0.1, 0.15) is 0 Å². The zero-order chi connectivity index (χ0) is 52.7. The zero-order valence-electron chi connectivity index (χ0n) is 52.7. The number of fused-ring (bicyclic) bond motifs is 4. The van der Waals surface area contributed by atoms with Crippen molar-refractivity contribution in [3.05, 3.63) is 0 Å². The molecule has 0 aromatic carbocycles. The quantitative estimate of drug-likeness (QED) is 0.263. The van der Waals surface area contributed by atoms with Gasteiger partial charge in [-0.3, -0.25) is 0 Å². The van der Waals surface area contributed by atoms with Crippen LogP contribution in [0.4, 0.5) is 0 Å². The van der Waals surface area contributed by atoms with Gasteiger partial charge < -0.3 is 0 Å². The van der Waals surface area contributed by atoms with Crippen LogP contribution in [0.5, 0.6) is 0 Å². The first kappa shape index (κ1) is 66.3. The van der Waals surface area contributed by atoms with Crippen LogP contribution >= 0.6 is 0 Å². The van der Waals surface area contributed by atoms with Gasteiger partial charge in [0.05, 0.1) is 0 Å². The highest BCUT2D eigenvalue weighted by Gasteiger charge is 2.38. The number of hydrogen-bond acceptors (Lipinski definition) is 0. The van der Waals surface area contributed by atoms with Crippen LogP contribution in [0.2, 0.25) is 0 Å². The van der Waals surface area contributed by atoms with Crippen molar-refractivity contribution < 1.29 is 0 Å². The van der Waals surface area contributed by atoms with Gasteiger partial charge in [0.2, 0.25) is 0 Å². The Labute approximate surface area is 458 Å². The van der Waals surface area contributed by atoms with E-state index in [1.807, 2.05) is 0 Å². The Bertz CT molecular complexity index is 1150. The highest BCUT2D eigenvalue weighted by Crippen LogP contribution is 2.49. The lowest BCUT2D eigenvalue weighted by molar-refractivity contribution is 0.244. The molecule has 0 radical (unpaired) electrons. The lowest BCUT2D eigenvalue weighted by atomic mass is 9.78. The molecule has 0 aliphatic heterocycles. The van der Waals surface area contributed by atoms with E-state index in [1.165, 1.54) is 212 Å². The van der Waals surface area contributed by atoms with E-state index in [-0.39, 0.29) is 0 Å². The molecule has 0 amide bonds. The summed E-state index contributed by atoms with van der Waals surface area (Å²) in [6.45, 7) is 33.1. The van der Waals surface area contributed by atoms with Gasteiger partial charge in [-0.1, -0.05) is 296 Å². The molecule has 72 heavy (non-hydrogen) atoms. The van der Waals surface area contributed by atoms with Crippen LogP contribution in [0.3, 0.4) is 0 Å². The highest BCUT2D eigenvalue weighted by atomic mass is 14.4. The van der Waals surface area contributed by atoms with Crippen molar-refractivity contribution in [3.63, 3.8) is 0 Å². The van der Waals surface area contributed by atoms with Crippen molar-refractivity contribution in [2.75, 3.05) is 0 Å². The first-order valence-corrected chi connectivity index (χ1v) is 34.5. The minimum atomic E-state index is 0.679. The molecule has 0 heteroatoms. The van der Waals surface area contributed by atoms with Crippen LogP contribution in [0.1, 0.15) is 360 Å². The van der Waals surface area contributed by atoms with Crippen molar-refractivity contribution in [3.8, 4) is 0 Å². The summed E-state index contributed by atoms with van der Waals surface area (Å²) in [5.41, 5.74) is 0.679. The van der Waals surface area contributed by atoms with Crippen molar-refractivity contribution in [2.24, 2.45) is 100 Å². The lowest BCUT2D eigenvalue weighted by Crippen LogP contribution is -2.14. The summed E-state index contributed by atoms with van der Waals surface area (Å²) >= 11 is 0. The summed E-state index contributed by atoms with van der Waals surface area (Å²) in [6, 6.07) is 0. The zero-order valence-corrected chi connectivity index (χ0v) is 52.7. The SMILES string of the molecule is CC(C)C1CCCC1.CC1(C)CCCCC1.CC1C2CCC1CC2.CC1CCC(C)CC1.CC1CCCC[C@H]1C.CC1CCC[C@@H](C)C1.CCC1CCCCC1.CCCC1CCCC1.C[C@H]1CC2CCC1C2. The average molecular weight is 1010 g/mol. The van der Waals surface area contributed by atoms with Crippen molar-refractivity contribution >= 4 is 0 Å². The van der Waals surface area contributed by atoms with Crippen molar-refractivity contribution in [2.45, 2.75) is 360 Å². The molecule has 428 valence electrons. The second-order valence-corrected chi connectivity index (χ2v) is 30.0. The molecule has 0 aromatic rings. The van der Waals surface area contributed by atoms with E-state index < -0.39 is 0 Å². The van der Waals surface area contributed by atoms with Gasteiger partial charge >= 0.3 is 0 Å². The summed E-state index contributed by atoms with van der Waals surface area (Å²) in [5.74, 6) is 17.0. The van der Waals surface area contributed by atoms with Crippen LogP contribution in [0.15, 0.2) is 0 Å². The Hall–Kier alpha value is 0. The first-order chi connectivity index (χ1) is 34.5. The number of rotatable bonds is 4. The molecule has 0 aromatic heterocycles. The van der Waals surface area contributed by atoms with Gasteiger partial charge in [0.15, 0.2) is 0 Å². The minimum Gasteiger partial charge on any atom is -0.0654 e. The number of hydrogen-bond donors (Lipinski definition) is 0. The Morgan fingerprint density at radius 2 is 0.792 bits per heavy atom. The first-order valence-electron chi connectivity index (χ1n) is 34.5. The van der Waals surface area contributed by atoms with E-state index in [0.29, 0.717) is 5.41 Å². The standard InChI is InChI=1S/2C8H14.7C8H16/c1-6-4-7-2-3-8(6)5-7;1-6-7-2-3-8(6)5-4-7;1-7-3-5-8(2)6-4-7;1-7-4-3-5-8(2)6-7;1-8(2)6-4-3-5-7-8;1-7-5-3-4-6-8(7)2;1-7(2)8-5-3-4-6-8;1-2-8-6-4-3-5-7-8;1-2-5-8-6-3-4-7-8/h2*6-8H,2-5H2,1H3;2*7-8H,3-6H2,1-2H3;3-7H2,1-2H3;2*7-8H,3-6H2,1-2H3;2*8H,2-7H2,1H3/t6-,7?,8?;;;7-,8?;;7-,8?;;;/m0..1.1.../s1. The Morgan fingerprint density at radius 3 is 1.07 bits per heavy atom. The molecule has 4 bridgehead atoms. The molecule has 11 fully saturated rings. The van der Waals surface area contributed by atoms with Crippen molar-refractivity contribution in [1.82, 2.24) is 0 Å². The van der Waals surface area contributed by atoms with E-state index in [9.17, 15) is 0 Å². The summed E-state index contributed by atoms with van der Waals surface area (Å²) in [7, 11) is 0. The van der Waals surface area contributed by atoms with E-state index >= 15 is 0 Å². The maximum atomic E-state index is 2.44. The van der Waals surface area contributed by atoms with E-state index in [4.69, 9.17) is 0 Å². The molecule has 11 aliphatic carbocycles. The molecule has 0 saturated heterocycles. The Morgan fingerprint density at radius 1 is 0.361 bits per heavy atom. The average Bonchev–Trinajstić information content (AvgIpc) is 4.27. The Balaban J connectivity index is 0.000000214. The third-order valence-electron chi connectivity index (χ3n) is 22.5. The molecular formula is C72H140. The lowest BCUT2D eigenvalue weighted by Gasteiger charge is -2.28. The smallest absolute Gasteiger partial charge is 0.0354 e. The van der Waals surface area contributed by atoms with E-state index in [1.54, 1.807) is 51.4 Å². The fourth-order valence-electron chi connectivity index (χ4n) is 16.2. The van der Waals surface area contributed by atoms with Gasteiger partial charge in [-0.05, 0) is 164 Å². The minimum absolute atomic E-state index is 0.679. The fraction of sp³-hybridized carbons (Fsp3) is 1.00. The molecular weight excluding hydrogens is 865 g/mol. The molecule has 7 atom stereocenters. The van der Waals surface area contributed by atoms with E-state index in [2.05, 4.69) is 96.9 Å². The summed E-state index contributed by atoms with van der Waals surface area (Å²) in [5, 5.41) is 0. The van der Waals surface area contributed by atoms with Gasteiger partial charge in [-0.2, -0.15) is 0 Å². The molecule has 11 saturated carbocycles. The third kappa shape index (κ3) is 29.1. The summed E-state index contributed by atoms with van der Waals surface area (Å²) in [6.07, 6.45) is 61.2. The third-order valence-corrected chi connectivity index (χ3v) is 22.5. The fourth-order valence-corrected chi connectivity index (χ4v) is 16.2. The second kappa shape index (κ2) is 38.5. The maximum absolute atomic E-state index is 2.44. The molecule has 0 N–H and O–H groups in total. The normalized spacial score (nSPS) is 35.7. The predicted octanol–water partition coefficient (Wildman–Crippen LogP) is 25.1. The van der Waals surface area contributed by atoms with Crippen LogP contribution in [0.25, 0.3) is 0 Å². The molecule has 11 aliphatic rings. The van der Waals surface area contributed by atoms with Gasteiger partial charge in [-0.25, -0.2) is 0 Å². The van der Waals surface area contributed by atoms with Gasteiger partial charge in [0.25, 0.3) is 0 Å². The van der Waals surface area contributed by atoms with Gasteiger partial charge in [0, 0.05) is 0 Å². The summed E-state index contributed by atoms with van der Waals surface area (Å²) in [4.78, 5) is 0. The molecule has 4 unspecified atom stereocenters. The Kier molecular flexibility index (Phi) is 35.5. The van der Waals surface area contributed by atoms with Crippen LogP contribution in [0, 0.1) is 100 Å². The highest BCUT2D eigenvalue weighted by molar-refractivity contribution is 4.89.